The van der Waals surface area contributed by atoms with Crippen LogP contribution in [0.15, 0.2) is 0 Å². The van der Waals surface area contributed by atoms with Crippen LogP contribution in [0.3, 0.4) is 0 Å². The Morgan fingerprint density at radius 1 is 1.28 bits per heavy atom. The maximum absolute atomic E-state index is 12.3. The highest BCUT2D eigenvalue weighted by atomic mass is 79.9. The maximum Gasteiger partial charge on any atom is 0.474 e. The van der Waals surface area contributed by atoms with Crippen LogP contribution in [0.1, 0.15) is 20.8 Å². The van der Waals surface area contributed by atoms with Gasteiger partial charge in [0, 0.05) is 10.7 Å². The molecule has 0 aliphatic carbocycles. The van der Waals surface area contributed by atoms with Gasteiger partial charge in [0.15, 0.2) is 0 Å². The largest absolute Gasteiger partial charge is 0.474 e. The van der Waals surface area contributed by atoms with Crippen molar-refractivity contribution in [3.05, 3.63) is 0 Å². The third-order valence-corrected chi connectivity index (χ3v) is 5.14. The van der Waals surface area contributed by atoms with Gasteiger partial charge in [0.25, 0.3) is 0 Å². The molecule has 4 nitrogen and oxygen atoms in total. The fourth-order valence-corrected chi connectivity index (χ4v) is 2.92. The zero-order valence-corrected chi connectivity index (χ0v) is 15.6. The Labute approximate surface area is 131 Å². The molecule has 2 unspecified atom stereocenters. The highest BCUT2D eigenvalue weighted by Gasteiger charge is 2.30. The summed E-state index contributed by atoms with van der Waals surface area (Å²) in [6.07, 6.45) is 0. The van der Waals surface area contributed by atoms with E-state index in [9.17, 15) is 4.57 Å². The Morgan fingerprint density at radius 2 is 1.89 bits per heavy atom. The highest BCUT2D eigenvalue weighted by molar-refractivity contribution is 9.09. The van der Waals surface area contributed by atoms with Crippen molar-refractivity contribution in [2.24, 2.45) is 5.41 Å². The summed E-state index contributed by atoms with van der Waals surface area (Å²) >= 11 is 12.3. The average molecular weight is 431 g/mol. The van der Waals surface area contributed by atoms with Crippen molar-refractivity contribution in [1.29, 1.82) is 0 Å². The number of halogens is 3. The van der Waals surface area contributed by atoms with E-state index >= 15 is 0 Å². The van der Waals surface area contributed by atoms with E-state index in [1.165, 1.54) is 0 Å². The van der Waals surface area contributed by atoms with Crippen LogP contribution in [0.2, 0.25) is 0 Å². The van der Waals surface area contributed by atoms with Crippen LogP contribution < -0.4 is 0 Å². The van der Waals surface area contributed by atoms with Gasteiger partial charge in [-0.25, -0.2) is 4.57 Å². The molecule has 0 spiro atoms. The molecule has 0 radical (unpaired) electrons. The first-order valence-corrected chi connectivity index (χ1v) is 9.68. The molecular formula is C10H20Br2ClO4P. The Balaban J connectivity index is 4.42. The lowest BCUT2D eigenvalue weighted by molar-refractivity contribution is 0.0912. The van der Waals surface area contributed by atoms with Gasteiger partial charge in [0.1, 0.15) is 0 Å². The molecule has 18 heavy (non-hydrogen) atoms. The van der Waals surface area contributed by atoms with Crippen LogP contribution in [0.25, 0.3) is 0 Å². The number of hydrogen-bond donors (Lipinski definition) is 0. The summed E-state index contributed by atoms with van der Waals surface area (Å²) in [7, 11) is -3.53. The SMILES string of the molecule is CC(Cl)COP(=O)(OCCBr)OCC(C)(C)CBr. The molecule has 0 aliphatic heterocycles. The van der Waals surface area contributed by atoms with Crippen molar-refractivity contribution in [1.82, 2.24) is 0 Å². The normalized spacial score (nSPS) is 17.4. The van der Waals surface area contributed by atoms with E-state index in [4.69, 9.17) is 25.2 Å². The monoisotopic (exact) mass is 428 g/mol. The molecule has 0 saturated carbocycles. The minimum Gasteiger partial charge on any atom is -0.286 e. The Hall–Kier alpha value is 1.36. The number of alkyl halides is 3. The topological polar surface area (TPSA) is 44.8 Å². The van der Waals surface area contributed by atoms with Crippen molar-refractivity contribution in [3.63, 3.8) is 0 Å². The number of phosphoric ester groups is 1. The van der Waals surface area contributed by atoms with Crippen LogP contribution in [0.5, 0.6) is 0 Å². The van der Waals surface area contributed by atoms with E-state index in [1.54, 1.807) is 6.92 Å². The van der Waals surface area contributed by atoms with Crippen molar-refractivity contribution in [2.45, 2.75) is 26.1 Å². The standard InChI is InChI=1S/C10H20Br2ClO4P/c1-9(13)6-16-18(14,15-5-4-11)17-8-10(2,3)7-12/h9H,4-8H2,1-3H3. The summed E-state index contributed by atoms with van der Waals surface area (Å²) in [6, 6.07) is 0. The summed E-state index contributed by atoms with van der Waals surface area (Å²) in [4.78, 5) is 0. The molecule has 0 amide bonds. The summed E-state index contributed by atoms with van der Waals surface area (Å²) in [5, 5.41) is 1.03. The summed E-state index contributed by atoms with van der Waals surface area (Å²) in [5.41, 5.74) is -0.149. The first-order chi connectivity index (χ1) is 8.24. The minimum absolute atomic E-state index is 0.121. The lowest BCUT2D eigenvalue weighted by Gasteiger charge is -2.25. The molecule has 2 atom stereocenters. The van der Waals surface area contributed by atoms with Gasteiger partial charge in [-0.05, 0) is 12.3 Å². The Morgan fingerprint density at radius 3 is 2.33 bits per heavy atom. The van der Waals surface area contributed by atoms with Gasteiger partial charge < -0.3 is 0 Å². The number of rotatable bonds is 10. The smallest absolute Gasteiger partial charge is 0.286 e. The third kappa shape index (κ3) is 9.29. The first-order valence-electron chi connectivity index (χ1n) is 5.54. The average Bonchev–Trinajstić information content (AvgIpc) is 2.32. The van der Waals surface area contributed by atoms with Gasteiger partial charge >= 0.3 is 7.82 Å². The van der Waals surface area contributed by atoms with Crippen LogP contribution in [-0.2, 0) is 18.1 Å². The number of phosphoric acid groups is 1. The van der Waals surface area contributed by atoms with Crippen LogP contribution >= 0.6 is 51.3 Å². The minimum atomic E-state index is -3.53. The van der Waals surface area contributed by atoms with Crippen LogP contribution in [0, 0.1) is 5.41 Å². The zero-order valence-electron chi connectivity index (χ0n) is 10.8. The van der Waals surface area contributed by atoms with Crippen LogP contribution in [-0.4, -0.2) is 35.9 Å². The van der Waals surface area contributed by atoms with Crippen LogP contribution in [0.4, 0.5) is 0 Å². The van der Waals surface area contributed by atoms with Crippen molar-refractivity contribution in [2.75, 3.05) is 30.5 Å². The molecule has 110 valence electrons. The van der Waals surface area contributed by atoms with Gasteiger partial charge in [0.05, 0.1) is 25.2 Å². The van der Waals surface area contributed by atoms with Crippen molar-refractivity contribution >= 4 is 51.3 Å². The third-order valence-electron chi connectivity index (χ3n) is 1.76. The molecule has 8 heteroatoms. The highest BCUT2D eigenvalue weighted by Crippen LogP contribution is 2.50. The number of hydrogen-bond acceptors (Lipinski definition) is 4. The molecular weight excluding hydrogens is 410 g/mol. The zero-order chi connectivity index (χ0) is 14.2. The fourth-order valence-electron chi connectivity index (χ4n) is 0.744. The quantitative estimate of drug-likeness (QED) is 0.376. The van der Waals surface area contributed by atoms with Gasteiger partial charge in [-0.15, -0.1) is 11.6 Å². The molecule has 0 aromatic rings. The predicted octanol–water partition coefficient (Wildman–Crippen LogP) is 4.59. The fraction of sp³-hybridized carbons (Fsp3) is 1.00. The lowest BCUT2D eigenvalue weighted by atomic mass is 9.99. The Kier molecular flexibility index (Phi) is 10.0. The van der Waals surface area contributed by atoms with E-state index in [-0.39, 0.29) is 30.6 Å². The molecule has 0 heterocycles. The molecule has 0 saturated heterocycles. The molecule has 0 N–H and O–H groups in total. The van der Waals surface area contributed by atoms with E-state index < -0.39 is 7.82 Å². The maximum atomic E-state index is 12.3. The molecule has 0 fully saturated rings. The first kappa shape index (κ1) is 19.4. The summed E-state index contributed by atoms with van der Waals surface area (Å²) in [5.74, 6) is 0. The van der Waals surface area contributed by atoms with E-state index in [0.717, 1.165) is 5.33 Å². The van der Waals surface area contributed by atoms with E-state index in [2.05, 4.69) is 31.9 Å². The molecule has 0 bridgehead atoms. The lowest BCUT2D eigenvalue weighted by Crippen LogP contribution is -2.21. The van der Waals surface area contributed by atoms with E-state index in [1.807, 2.05) is 13.8 Å². The summed E-state index contributed by atoms with van der Waals surface area (Å²) < 4.78 is 28.0. The Bertz CT molecular complexity index is 277. The summed E-state index contributed by atoms with van der Waals surface area (Å²) in [6.45, 7) is 6.37. The molecule has 0 aliphatic rings. The molecule has 0 aromatic heterocycles. The van der Waals surface area contributed by atoms with Crippen molar-refractivity contribution < 1.29 is 18.1 Å². The molecule has 0 aromatic carbocycles. The molecule has 0 rings (SSSR count). The van der Waals surface area contributed by atoms with Gasteiger partial charge in [-0.2, -0.15) is 0 Å². The second-order valence-corrected chi connectivity index (χ2v) is 8.39. The second kappa shape index (κ2) is 9.32. The second-order valence-electron chi connectivity index (χ2n) is 4.62. The predicted molar refractivity (Wildman–Crippen MR) is 82.1 cm³/mol. The van der Waals surface area contributed by atoms with Gasteiger partial charge in [-0.1, -0.05) is 45.7 Å². The van der Waals surface area contributed by atoms with Gasteiger partial charge in [-0.3, -0.25) is 13.6 Å². The van der Waals surface area contributed by atoms with E-state index in [0.29, 0.717) is 5.33 Å². The van der Waals surface area contributed by atoms with Crippen molar-refractivity contribution in [3.8, 4) is 0 Å². The van der Waals surface area contributed by atoms with Gasteiger partial charge in [0.2, 0.25) is 0 Å².